The second-order valence-electron chi connectivity index (χ2n) is 7.52. The lowest BCUT2D eigenvalue weighted by molar-refractivity contribution is -0.150. The zero-order chi connectivity index (χ0) is 18.1. The summed E-state index contributed by atoms with van der Waals surface area (Å²) in [7, 11) is 0. The standard InChI is InChI=1S/C20H25ClN2O2S/c1-14(24)22-19-4-2-3-7-20(19)13-23(8-9-25-20)11-15-12-26-18-6-5-16(21)10-17(15)18/h5-6,10,12,19H,2-4,7-9,11,13H2,1H3,(H,22,24)/t19-,20-/m0/s1. The van der Waals surface area contributed by atoms with E-state index in [2.05, 4.69) is 27.7 Å². The van der Waals surface area contributed by atoms with Crippen molar-refractivity contribution >= 4 is 38.9 Å². The first-order chi connectivity index (χ1) is 12.6. The molecule has 1 spiro atoms. The van der Waals surface area contributed by atoms with Crippen LogP contribution >= 0.6 is 22.9 Å². The molecular weight excluding hydrogens is 368 g/mol. The summed E-state index contributed by atoms with van der Waals surface area (Å²) in [5, 5.41) is 7.44. The van der Waals surface area contributed by atoms with Crippen LogP contribution in [0.25, 0.3) is 10.1 Å². The van der Waals surface area contributed by atoms with Gasteiger partial charge >= 0.3 is 0 Å². The first-order valence-electron chi connectivity index (χ1n) is 9.35. The Balaban J connectivity index is 1.54. The number of rotatable bonds is 3. The Bertz CT molecular complexity index is 804. The molecule has 1 aliphatic carbocycles. The zero-order valence-corrected chi connectivity index (χ0v) is 16.7. The van der Waals surface area contributed by atoms with Crippen LogP contribution in [0.2, 0.25) is 5.02 Å². The Morgan fingerprint density at radius 3 is 3.19 bits per heavy atom. The van der Waals surface area contributed by atoms with E-state index in [-0.39, 0.29) is 17.6 Å². The molecule has 0 unspecified atom stereocenters. The molecule has 1 aromatic heterocycles. The lowest BCUT2D eigenvalue weighted by Crippen LogP contribution is -2.63. The van der Waals surface area contributed by atoms with Gasteiger partial charge in [0.05, 0.1) is 12.6 Å². The van der Waals surface area contributed by atoms with Crippen molar-refractivity contribution in [3.63, 3.8) is 0 Å². The molecule has 4 nitrogen and oxygen atoms in total. The van der Waals surface area contributed by atoms with Gasteiger partial charge in [-0.2, -0.15) is 0 Å². The van der Waals surface area contributed by atoms with Gasteiger partial charge in [0.25, 0.3) is 0 Å². The molecule has 1 saturated carbocycles. The summed E-state index contributed by atoms with van der Waals surface area (Å²) >= 11 is 7.98. The van der Waals surface area contributed by atoms with Gasteiger partial charge in [-0.05, 0) is 47.4 Å². The molecular formula is C20H25ClN2O2S. The second kappa shape index (κ2) is 7.47. The van der Waals surface area contributed by atoms with Crippen molar-refractivity contribution < 1.29 is 9.53 Å². The van der Waals surface area contributed by atoms with Crippen molar-refractivity contribution in [1.29, 1.82) is 0 Å². The number of thiophene rings is 1. The van der Waals surface area contributed by atoms with Crippen LogP contribution in [0, 0.1) is 0 Å². The van der Waals surface area contributed by atoms with Crippen LogP contribution in [0.3, 0.4) is 0 Å². The molecule has 1 N–H and O–H groups in total. The highest BCUT2D eigenvalue weighted by atomic mass is 35.5. The minimum absolute atomic E-state index is 0.0375. The van der Waals surface area contributed by atoms with Crippen molar-refractivity contribution in [2.24, 2.45) is 0 Å². The highest BCUT2D eigenvalue weighted by Crippen LogP contribution is 2.36. The van der Waals surface area contributed by atoms with E-state index in [4.69, 9.17) is 16.3 Å². The molecule has 2 fully saturated rings. The number of amides is 1. The Morgan fingerprint density at radius 1 is 1.46 bits per heavy atom. The molecule has 2 aliphatic rings. The van der Waals surface area contributed by atoms with Gasteiger partial charge in [0, 0.05) is 36.3 Å². The number of fused-ring (bicyclic) bond motifs is 1. The van der Waals surface area contributed by atoms with Crippen LogP contribution in [0.4, 0.5) is 0 Å². The van der Waals surface area contributed by atoms with Crippen molar-refractivity contribution in [2.45, 2.75) is 50.8 Å². The highest BCUT2D eigenvalue weighted by molar-refractivity contribution is 7.17. The molecule has 140 valence electrons. The molecule has 2 heterocycles. The fraction of sp³-hybridized carbons (Fsp3) is 0.550. The van der Waals surface area contributed by atoms with E-state index in [9.17, 15) is 4.79 Å². The maximum Gasteiger partial charge on any atom is 0.217 e. The summed E-state index contributed by atoms with van der Waals surface area (Å²) in [6.07, 6.45) is 4.35. The number of ether oxygens (including phenoxy) is 1. The summed E-state index contributed by atoms with van der Waals surface area (Å²) in [6, 6.07) is 6.24. The molecule has 6 heteroatoms. The molecule has 0 radical (unpaired) electrons. The monoisotopic (exact) mass is 392 g/mol. The van der Waals surface area contributed by atoms with Crippen molar-refractivity contribution in [2.75, 3.05) is 19.7 Å². The van der Waals surface area contributed by atoms with Gasteiger partial charge in [0.1, 0.15) is 5.60 Å². The molecule has 2 atom stereocenters. The third-order valence-corrected chi connectivity index (χ3v) is 6.90. The third-order valence-electron chi connectivity index (χ3n) is 5.65. The molecule has 1 saturated heterocycles. The van der Waals surface area contributed by atoms with E-state index < -0.39 is 0 Å². The maximum atomic E-state index is 11.7. The summed E-state index contributed by atoms with van der Waals surface area (Å²) in [4.78, 5) is 14.1. The Labute approximate surface area is 163 Å². The normalized spacial score (nSPS) is 27.1. The average molecular weight is 393 g/mol. The lowest BCUT2D eigenvalue weighted by atomic mass is 9.78. The van der Waals surface area contributed by atoms with Crippen LogP contribution < -0.4 is 5.32 Å². The number of hydrogen-bond acceptors (Lipinski definition) is 4. The molecule has 1 amide bonds. The average Bonchev–Trinajstić information content (AvgIpc) is 2.99. The van der Waals surface area contributed by atoms with Gasteiger partial charge in [-0.25, -0.2) is 0 Å². The van der Waals surface area contributed by atoms with E-state index >= 15 is 0 Å². The lowest BCUT2D eigenvalue weighted by Gasteiger charge is -2.49. The number of morpholine rings is 1. The van der Waals surface area contributed by atoms with Crippen LogP contribution in [0.15, 0.2) is 23.6 Å². The largest absolute Gasteiger partial charge is 0.370 e. The SMILES string of the molecule is CC(=O)N[C@H]1CCCC[C@]12CN(Cc1csc3ccc(Cl)cc13)CCO2. The highest BCUT2D eigenvalue weighted by Gasteiger charge is 2.45. The fourth-order valence-electron chi connectivity index (χ4n) is 4.45. The van der Waals surface area contributed by atoms with E-state index in [1.54, 1.807) is 18.3 Å². The van der Waals surface area contributed by atoms with Crippen molar-refractivity contribution in [3.05, 3.63) is 34.2 Å². The summed E-state index contributed by atoms with van der Waals surface area (Å²) < 4.78 is 7.58. The van der Waals surface area contributed by atoms with Crippen LogP contribution in [-0.2, 0) is 16.1 Å². The van der Waals surface area contributed by atoms with Crippen LogP contribution in [0.1, 0.15) is 38.2 Å². The van der Waals surface area contributed by atoms with Crippen molar-refractivity contribution in [3.8, 4) is 0 Å². The maximum absolute atomic E-state index is 11.7. The number of carbonyl (C=O) groups excluding carboxylic acids is 1. The number of hydrogen-bond donors (Lipinski definition) is 1. The minimum Gasteiger partial charge on any atom is -0.370 e. The summed E-state index contributed by atoms with van der Waals surface area (Å²) in [5.41, 5.74) is 1.09. The molecule has 1 aliphatic heterocycles. The summed E-state index contributed by atoms with van der Waals surface area (Å²) in [6.45, 7) is 5.02. The Morgan fingerprint density at radius 2 is 2.35 bits per heavy atom. The second-order valence-corrected chi connectivity index (χ2v) is 8.87. The Kier molecular flexibility index (Phi) is 5.24. The molecule has 0 bridgehead atoms. The van der Waals surface area contributed by atoms with E-state index in [0.29, 0.717) is 0 Å². The quantitative estimate of drug-likeness (QED) is 0.850. The minimum atomic E-state index is -0.244. The zero-order valence-electron chi connectivity index (χ0n) is 15.1. The number of halogens is 1. The fourth-order valence-corrected chi connectivity index (χ4v) is 5.56. The van der Waals surface area contributed by atoms with Gasteiger partial charge in [-0.3, -0.25) is 9.69 Å². The third kappa shape index (κ3) is 3.63. The Hall–Kier alpha value is -1.14. The van der Waals surface area contributed by atoms with Gasteiger partial charge in [0.2, 0.25) is 5.91 Å². The predicted octanol–water partition coefficient (Wildman–Crippen LogP) is 4.20. The van der Waals surface area contributed by atoms with Gasteiger partial charge in [-0.15, -0.1) is 11.3 Å². The summed E-state index contributed by atoms with van der Waals surface area (Å²) in [5.74, 6) is 0.0375. The number of benzene rings is 1. The van der Waals surface area contributed by atoms with Crippen LogP contribution in [0.5, 0.6) is 0 Å². The van der Waals surface area contributed by atoms with Gasteiger partial charge in [-0.1, -0.05) is 24.4 Å². The number of nitrogens with one attached hydrogen (secondary N) is 1. The van der Waals surface area contributed by atoms with E-state index in [1.165, 1.54) is 22.1 Å². The predicted molar refractivity (Wildman–Crippen MR) is 107 cm³/mol. The number of nitrogens with zero attached hydrogens (tertiary/aromatic N) is 1. The van der Waals surface area contributed by atoms with E-state index in [1.807, 2.05) is 6.07 Å². The molecule has 1 aromatic carbocycles. The first-order valence-corrected chi connectivity index (χ1v) is 10.6. The van der Waals surface area contributed by atoms with Gasteiger partial charge in [0.15, 0.2) is 0 Å². The molecule has 4 rings (SSSR count). The topological polar surface area (TPSA) is 41.6 Å². The van der Waals surface area contributed by atoms with Gasteiger partial charge < -0.3 is 10.1 Å². The van der Waals surface area contributed by atoms with Crippen molar-refractivity contribution in [1.82, 2.24) is 10.2 Å². The van der Waals surface area contributed by atoms with Crippen LogP contribution in [-0.4, -0.2) is 42.1 Å². The number of carbonyl (C=O) groups is 1. The molecule has 26 heavy (non-hydrogen) atoms. The smallest absolute Gasteiger partial charge is 0.217 e. The first kappa shape index (κ1) is 18.2. The van der Waals surface area contributed by atoms with E-state index in [0.717, 1.165) is 50.5 Å². The molecule has 2 aromatic rings.